The molecular weight excluding hydrogens is 232 g/mol. The van der Waals surface area contributed by atoms with Gasteiger partial charge in [-0.3, -0.25) is 4.79 Å². The number of benzene rings is 1. The molecular formula is C13H20N2O3. The van der Waals surface area contributed by atoms with Crippen LogP contribution in [0.1, 0.15) is 24.2 Å². The molecule has 0 bridgehead atoms. The van der Waals surface area contributed by atoms with Crippen molar-refractivity contribution in [2.24, 2.45) is 0 Å². The molecule has 0 unspecified atom stereocenters. The molecule has 18 heavy (non-hydrogen) atoms. The molecule has 5 heteroatoms. The minimum atomic E-state index is -1.02. The smallest absolute Gasteiger partial charge is 0.253 e. The Balaban J connectivity index is 2.90. The van der Waals surface area contributed by atoms with Gasteiger partial charge in [0.2, 0.25) is 0 Å². The molecule has 0 aliphatic carbocycles. The second-order valence-electron chi connectivity index (χ2n) is 4.41. The van der Waals surface area contributed by atoms with Crippen molar-refractivity contribution >= 4 is 11.6 Å². The van der Waals surface area contributed by atoms with Gasteiger partial charge in [-0.05, 0) is 26.0 Å². The number of anilines is 1. The average molecular weight is 252 g/mol. The van der Waals surface area contributed by atoms with Crippen LogP contribution >= 0.6 is 0 Å². The Morgan fingerprint density at radius 1 is 1.28 bits per heavy atom. The van der Waals surface area contributed by atoms with Crippen molar-refractivity contribution in [2.45, 2.75) is 19.4 Å². The Morgan fingerprint density at radius 3 is 2.44 bits per heavy atom. The summed E-state index contributed by atoms with van der Waals surface area (Å²) >= 11 is 0. The number of nitrogens with one attached hydrogen (secondary N) is 2. The number of amides is 1. The maximum absolute atomic E-state index is 12.1. The molecule has 0 saturated heterocycles. The number of para-hydroxylation sites is 1. The van der Waals surface area contributed by atoms with E-state index in [9.17, 15) is 4.79 Å². The van der Waals surface area contributed by atoms with Crippen LogP contribution < -0.4 is 10.6 Å². The normalized spacial score (nSPS) is 11.1. The number of aliphatic hydroxyl groups is 2. The third kappa shape index (κ3) is 3.45. The lowest BCUT2D eigenvalue weighted by molar-refractivity contribution is 0.0724. The van der Waals surface area contributed by atoms with Crippen molar-refractivity contribution in [1.29, 1.82) is 0 Å². The minimum absolute atomic E-state index is 0.321. The highest BCUT2D eigenvalue weighted by atomic mass is 16.3. The van der Waals surface area contributed by atoms with Crippen LogP contribution in [0.2, 0.25) is 0 Å². The Hall–Kier alpha value is -1.59. The number of rotatable bonds is 6. The zero-order chi connectivity index (χ0) is 13.6. The summed E-state index contributed by atoms with van der Waals surface area (Å²) in [5.41, 5.74) is 0.208. The zero-order valence-electron chi connectivity index (χ0n) is 10.7. The van der Waals surface area contributed by atoms with Crippen LogP contribution in [0.3, 0.4) is 0 Å². The number of hydrogen-bond acceptors (Lipinski definition) is 4. The van der Waals surface area contributed by atoms with Crippen LogP contribution in [0.25, 0.3) is 0 Å². The molecule has 1 aromatic carbocycles. The van der Waals surface area contributed by atoms with E-state index in [0.717, 1.165) is 5.69 Å². The van der Waals surface area contributed by atoms with Crippen LogP contribution in [0.15, 0.2) is 24.3 Å². The first-order chi connectivity index (χ1) is 8.56. The molecule has 0 saturated carbocycles. The molecule has 0 aliphatic heterocycles. The minimum Gasteiger partial charge on any atom is -0.394 e. The van der Waals surface area contributed by atoms with Crippen molar-refractivity contribution in [3.8, 4) is 0 Å². The molecule has 1 rings (SSSR count). The molecule has 100 valence electrons. The molecule has 0 atom stereocenters. The Bertz CT molecular complexity index is 403. The highest BCUT2D eigenvalue weighted by Gasteiger charge is 2.25. The summed E-state index contributed by atoms with van der Waals surface area (Å²) < 4.78 is 0. The molecule has 1 aromatic rings. The number of aliphatic hydroxyl groups excluding tert-OH is 2. The first kappa shape index (κ1) is 14.5. The molecule has 0 spiro atoms. The second-order valence-corrected chi connectivity index (χ2v) is 4.41. The summed E-state index contributed by atoms with van der Waals surface area (Å²) in [7, 11) is 0. The number of carbonyl (C=O) groups is 1. The lowest BCUT2D eigenvalue weighted by Gasteiger charge is -2.26. The second kappa shape index (κ2) is 6.37. The lowest BCUT2D eigenvalue weighted by atomic mass is 10.0. The van der Waals surface area contributed by atoms with Crippen molar-refractivity contribution < 1.29 is 15.0 Å². The van der Waals surface area contributed by atoms with E-state index >= 15 is 0 Å². The fourth-order valence-corrected chi connectivity index (χ4v) is 1.50. The van der Waals surface area contributed by atoms with E-state index < -0.39 is 5.54 Å². The SMILES string of the molecule is CCNc1ccccc1C(=O)NC(C)(CO)CO. The Kier molecular flexibility index (Phi) is 5.12. The van der Waals surface area contributed by atoms with Crippen molar-refractivity contribution in [3.05, 3.63) is 29.8 Å². The third-order valence-corrected chi connectivity index (χ3v) is 2.65. The van der Waals surface area contributed by atoms with E-state index in [1.807, 2.05) is 19.1 Å². The summed E-state index contributed by atoms with van der Waals surface area (Å²) in [6.07, 6.45) is 0. The molecule has 1 amide bonds. The molecule has 0 fully saturated rings. The van der Waals surface area contributed by atoms with Crippen molar-refractivity contribution in [1.82, 2.24) is 5.32 Å². The predicted molar refractivity (Wildman–Crippen MR) is 70.6 cm³/mol. The van der Waals surface area contributed by atoms with Crippen LogP contribution in [0, 0.1) is 0 Å². The summed E-state index contributed by atoms with van der Waals surface area (Å²) in [5.74, 6) is -0.322. The van der Waals surface area contributed by atoms with Gasteiger partial charge in [0, 0.05) is 12.2 Å². The average Bonchev–Trinajstić information content (AvgIpc) is 2.39. The first-order valence-corrected chi connectivity index (χ1v) is 5.93. The van der Waals surface area contributed by atoms with Crippen LogP contribution in [-0.2, 0) is 0 Å². The Labute approximate surface area is 107 Å². The first-order valence-electron chi connectivity index (χ1n) is 5.93. The molecule has 5 nitrogen and oxygen atoms in total. The van der Waals surface area contributed by atoms with Gasteiger partial charge >= 0.3 is 0 Å². The van der Waals surface area contributed by atoms with E-state index in [-0.39, 0.29) is 19.1 Å². The molecule has 0 aromatic heterocycles. The van der Waals surface area contributed by atoms with Gasteiger partial charge in [-0.25, -0.2) is 0 Å². The third-order valence-electron chi connectivity index (χ3n) is 2.65. The highest BCUT2D eigenvalue weighted by Crippen LogP contribution is 2.15. The van der Waals surface area contributed by atoms with Gasteiger partial charge in [0.1, 0.15) is 0 Å². The monoisotopic (exact) mass is 252 g/mol. The fraction of sp³-hybridized carbons (Fsp3) is 0.462. The maximum Gasteiger partial charge on any atom is 0.253 e. The van der Waals surface area contributed by atoms with E-state index in [1.54, 1.807) is 19.1 Å². The van der Waals surface area contributed by atoms with Crippen molar-refractivity contribution in [3.63, 3.8) is 0 Å². The largest absolute Gasteiger partial charge is 0.394 e. The van der Waals surface area contributed by atoms with Crippen LogP contribution in [0.4, 0.5) is 5.69 Å². The molecule has 4 N–H and O–H groups in total. The fourth-order valence-electron chi connectivity index (χ4n) is 1.50. The standard InChI is InChI=1S/C13H20N2O3/c1-3-14-11-7-5-4-6-10(11)12(18)15-13(2,8-16)9-17/h4-7,14,16-17H,3,8-9H2,1-2H3,(H,15,18). The van der Waals surface area contributed by atoms with Gasteiger partial charge < -0.3 is 20.8 Å². The topological polar surface area (TPSA) is 81.6 Å². The molecule has 0 heterocycles. The summed E-state index contributed by atoms with van der Waals surface area (Å²) in [6.45, 7) is 3.60. The quantitative estimate of drug-likeness (QED) is 0.597. The summed E-state index contributed by atoms with van der Waals surface area (Å²) in [6, 6.07) is 7.12. The van der Waals surface area contributed by atoms with Crippen molar-refractivity contribution in [2.75, 3.05) is 25.1 Å². The molecule has 0 radical (unpaired) electrons. The number of carbonyl (C=O) groups excluding carboxylic acids is 1. The summed E-state index contributed by atoms with van der Waals surface area (Å²) in [4.78, 5) is 12.1. The van der Waals surface area contributed by atoms with Gasteiger partial charge in [0.05, 0.1) is 24.3 Å². The predicted octanol–water partition coefficient (Wildman–Crippen LogP) is 0.591. The van der Waals surface area contributed by atoms with Gasteiger partial charge in [0.25, 0.3) is 5.91 Å². The maximum atomic E-state index is 12.1. The van der Waals surface area contributed by atoms with E-state index in [0.29, 0.717) is 12.1 Å². The van der Waals surface area contributed by atoms with E-state index in [1.165, 1.54) is 0 Å². The van der Waals surface area contributed by atoms with E-state index in [4.69, 9.17) is 10.2 Å². The van der Waals surface area contributed by atoms with Crippen LogP contribution in [-0.4, -0.2) is 41.4 Å². The number of hydrogen-bond donors (Lipinski definition) is 4. The summed E-state index contributed by atoms with van der Waals surface area (Å²) in [5, 5.41) is 24.0. The lowest BCUT2D eigenvalue weighted by Crippen LogP contribution is -2.51. The van der Waals surface area contributed by atoms with Gasteiger partial charge in [0.15, 0.2) is 0 Å². The van der Waals surface area contributed by atoms with Gasteiger partial charge in [-0.15, -0.1) is 0 Å². The van der Waals surface area contributed by atoms with Crippen LogP contribution in [0.5, 0.6) is 0 Å². The highest BCUT2D eigenvalue weighted by molar-refractivity contribution is 6.00. The molecule has 0 aliphatic rings. The van der Waals surface area contributed by atoms with E-state index in [2.05, 4.69) is 10.6 Å². The zero-order valence-corrected chi connectivity index (χ0v) is 10.7. The van der Waals surface area contributed by atoms with Gasteiger partial charge in [-0.1, -0.05) is 12.1 Å². The van der Waals surface area contributed by atoms with Gasteiger partial charge in [-0.2, -0.15) is 0 Å². The Morgan fingerprint density at radius 2 is 1.89 bits per heavy atom.